The summed E-state index contributed by atoms with van der Waals surface area (Å²) in [5, 5.41) is 9.34. The smallest absolute Gasteiger partial charge is 0.308 e. The van der Waals surface area contributed by atoms with Crippen LogP contribution in [-0.4, -0.2) is 35.0 Å². The monoisotopic (exact) mass is 261 g/mol. The van der Waals surface area contributed by atoms with E-state index in [1.807, 2.05) is 37.3 Å². The van der Waals surface area contributed by atoms with Crippen molar-refractivity contribution < 1.29 is 14.7 Å². The predicted octanol–water partition coefficient (Wildman–Crippen LogP) is 2.11. The fourth-order valence-electron chi connectivity index (χ4n) is 2.67. The summed E-state index contributed by atoms with van der Waals surface area (Å²) in [5.74, 6) is -1.35. The zero-order valence-electron chi connectivity index (χ0n) is 11.1. The Kier molecular flexibility index (Phi) is 4.20. The lowest BCUT2D eigenvalue weighted by molar-refractivity contribution is -0.141. The molecular weight excluding hydrogens is 242 g/mol. The molecule has 4 nitrogen and oxygen atoms in total. The molecule has 1 aromatic rings. The van der Waals surface area contributed by atoms with Gasteiger partial charge < -0.3 is 10.0 Å². The predicted molar refractivity (Wildman–Crippen MR) is 71.8 cm³/mol. The molecule has 4 heteroatoms. The highest BCUT2D eigenvalue weighted by Crippen LogP contribution is 2.33. The van der Waals surface area contributed by atoms with Crippen LogP contribution in [-0.2, 0) is 9.59 Å². The van der Waals surface area contributed by atoms with Crippen LogP contribution < -0.4 is 0 Å². The molecule has 1 N–H and O–H groups in total. The number of carboxylic acid groups (broad SMARTS) is 1. The SMILES string of the molecule is CCCC(=O)N1CC(C(=O)O)C(c2ccccc2)C1. The van der Waals surface area contributed by atoms with Crippen LogP contribution >= 0.6 is 0 Å². The molecule has 2 rings (SSSR count). The van der Waals surface area contributed by atoms with E-state index < -0.39 is 11.9 Å². The Labute approximate surface area is 113 Å². The first-order valence-corrected chi connectivity index (χ1v) is 6.69. The number of aliphatic carboxylic acids is 1. The van der Waals surface area contributed by atoms with Crippen molar-refractivity contribution in [3.63, 3.8) is 0 Å². The van der Waals surface area contributed by atoms with Crippen molar-refractivity contribution in [2.24, 2.45) is 5.92 Å². The topological polar surface area (TPSA) is 57.6 Å². The average Bonchev–Trinajstić information content (AvgIpc) is 2.85. The molecule has 0 spiro atoms. The molecule has 0 saturated carbocycles. The maximum absolute atomic E-state index is 11.9. The highest BCUT2D eigenvalue weighted by Gasteiger charge is 2.39. The minimum atomic E-state index is -0.819. The summed E-state index contributed by atoms with van der Waals surface area (Å²) in [7, 11) is 0. The van der Waals surface area contributed by atoms with Gasteiger partial charge in [0.15, 0.2) is 0 Å². The Morgan fingerprint density at radius 3 is 2.53 bits per heavy atom. The van der Waals surface area contributed by atoms with Gasteiger partial charge in [-0.1, -0.05) is 37.3 Å². The van der Waals surface area contributed by atoms with E-state index in [4.69, 9.17) is 0 Å². The van der Waals surface area contributed by atoms with Gasteiger partial charge in [-0.25, -0.2) is 0 Å². The van der Waals surface area contributed by atoms with Gasteiger partial charge in [0.05, 0.1) is 5.92 Å². The number of likely N-dealkylation sites (tertiary alicyclic amines) is 1. The van der Waals surface area contributed by atoms with Crippen LogP contribution in [0.3, 0.4) is 0 Å². The van der Waals surface area contributed by atoms with Crippen LogP contribution in [0.2, 0.25) is 0 Å². The van der Waals surface area contributed by atoms with Crippen LogP contribution in [0, 0.1) is 5.92 Å². The van der Waals surface area contributed by atoms with E-state index in [-0.39, 0.29) is 11.8 Å². The largest absolute Gasteiger partial charge is 0.481 e. The van der Waals surface area contributed by atoms with Gasteiger partial charge in [0.2, 0.25) is 5.91 Å². The van der Waals surface area contributed by atoms with E-state index >= 15 is 0 Å². The second kappa shape index (κ2) is 5.87. The van der Waals surface area contributed by atoms with Gasteiger partial charge >= 0.3 is 5.97 Å². The Hall–Kier alpha value is -1.84. The van der Waals surface area contributed by atoms with Crippen LogP contribution in [0.15, 0.2) is 30.3 Å². The number of rotatable bonds is 4. The minimum absolute atomic E-state index is 0.0622. The normalized spacial score (nSPS) is 22.5. The third-order valence-electron chi connectivity index (χ3n) is 3.68. The lowest BCUT2D eigenvalue weighted by Crippen LogP contribution is -2.29. The van der Waals surface area contributed by atoms with E-state index in [0.29, 0.717) is 19.5 Å². The molecule has 1 amide bonds. The first-order valence-electron chi connectivity index (χ1n) is 6.69. The van der Waals surface area contributed by atoms with Gasteiger partial charge in [0.1, 0.15) is 0 Å². The summed E-state index contributed by atoms with van der Waals surface area (Å²) in [6, 6.07) is 9.60. The molecule has 19 heavy (non-hydrogen) atoms. The van der Waals surface area contributed by atoms with Gasteiger partial charge in [0, 0.05) is 25.4 Å². The van der Waals surface area contributed by atoms with Crippen LogP contribution in [0.1, 0.15) is 31.2 Å². The summed E-state index contributed by atoms with van der Waals surface area (Å²) in [6.07, 6.45) is 1.29. The average molecular weight is 261 g/mol. The zero-order chi connectivity index (χ0) is 13.8. The molecule has 2 unspecified atom stereocenters. The lowest BCUT2D eigenvalue weighted by atomic mass is 9.89. The third-order valence-corrected chi connectivity index (χ3v) is 3.68. The Morgan fingerprint density at radius 1 is 1.26 bits per heavy atom. The summed E-state index contributed by atoms with van der Waals surface area (Å²) in [6.45, 7) is 2.80. The number of amides is 1. The molecule has 1 heterocycles. The van der Waals surface area contributed by atoms with Gasteiger partial charge in [-0.15, -0.1) is 0 Å². The number of nitrogens with zero attached hydrogens (tertiary/aromatic N) is 1. The Morgan fingerprint density at radius 2 is 1.95 bits per heavy atom. The van der Waals surface area contributed by atoms with Crippen molar-refractivity contribution in [2.75, 3.05) is 13.1 Å². The van der Waals surface area contributed by atoms with Crippen molar-refractivity contribution in [3.05, 3.63) is 35.9 Å². The van der Waals surface area contributed by atoms with E-state index in [0.717, 1.165) is 12.0 Å². The molecule has 1 aliphatic heterocycles. The Balaban J connectivity index is 2.18. The number of carbonyl (C=O) groups excluding carboxylic acids is 1. The van der Waals surface area contributed by atoms with Crippen molar-refractivity contribution in [1.29, 1.82) is 0 Å². The molecule has 1 fully saturated rings. The van der Waals surface area contributed by atoms with Crippen molar-refractivity contribution in [1.82, 2.24) is 4.90 Å². The van der Waals surface area contributed by atoms with Gasteiger partial charge in [0.25, 0.3) is 0 Å². The summed E-state index contributed by atoms with van der Waals surface area (Å²) in [5.41, 5.74) is 1.00. The van der Waals surface area contributed by atoms with E-state index in [1.54, 1.807) is 4.90 Å². The van der Waals surface area contributed by atoms with Gasteiger partial charge in [-0.2, -0.15) is 0 Å². The van der Waals surface area contributed by atoms with E-state index in [9.17, 15) is 14.7 Å². The number of benzene rings is 1. The molecular formula is C15H19NO3. The number of carboxylic acids is 1. The van der Waals surface area contributed by atoms with Crippen molar-refractivity contribution >= 4 is 11.9 Å². The van der Waals surface area contributed by atoms with Gasteiger partial charge in [-0.3, -0.25) is 9.59 Å². The molecule has 102 valence electrons. The van der Waals surface area contributed by atoms with Crippen molar-refractivity contribution in [2.45, 2.75) is 25.7 Å². The zero-order valence-corrected chi connectivity index (χ0v) is 11.1. The maximum atomic E-state index is 11.9. The van der Waals surface area contributed by atoms with Crippen LogP contribution in [0.25, 0.3) is 0 Å². The molecule has 0 aliphatic carbocycles. The molecule has 0 bridgehead atoms. The lowest BCUT2D eigenvalue weighted by Gasteiger charge is -2.16. The van der Waals surface area contributed by atoms with Crippen LogP contribution in [0.5, 0.6) is 0 Å². The Bertz CT molecular complexity index is 458. The molecule has 1 saturated heterocycles. The fraction of sp³-hybridized carbons (Fsp3) is 0.467. The second-order valence-corrected chi connectivity index (χ2v) is 5.01. The highest BCUT2D eigenvalue weighted by molar-refractivity contribution is 5.79. The second-order valence-electron chi connectivity index (χ2n) is 5.01. The first-order chi connectivity index (χ1) is 9.13. The summed E-state index contributed by atoms with van der Waals surface area (Å²) in [4.78, 5) is 25.0. The maximum Gasteiger partial charge on any atom is 0.308 e. The van der Waals surface area contributed by atoms with Gasteiger partial charge in [-0.05, 0) is 12.0 Å². The standard InChI is InChI=1S/C15H19NO3/c1-2-6-14(17)16-9-12(13(10-16)15(18)19)11-7-4-3-5-8-11/h3-5,7-8,12-13H,2,6,9-10H2,1H3,(H,18,19). The van der Waals surface area contributed by atoms with E-state index in [1.165, 1.54) is 0 Å². The number of carbonyl (C=O) groups is 2. The van der Waals surface area contributed by atoms with E-state index in [2.05, 4.69) is 0 Å². The minimum Gasteiger partial charge on any atom is -0.481 e. The van der Waals surface area contributed by atoms with Crippen molar-refractivity contribution in [3.8, 4) is 0 Å². The highest BCUT2D eigenvalue weighted by atomic mass is 16.4. The molecule has 1 aliphatic rings. The number of hydrogen-bond acceptors (Lipinski definition) is 2. The van der Waals surface area contributed by atoms with Crippen LogP contribution in [0.4, 0.5) is 0 Å². The number of hydrogen-bond donors (Lipinski definition) is 1. The molecule has 0 radical (unpaired) electrons. The summed E-state index contributed by atoms with van der Waals surface area (Å²) < 4.78 is 0. The third kappa shape index (κ3) is 2.95. The molecule has 1 aromatic carbocycles. The quantitative estimate of drug-likeness (QED) is 0.903. The molecule has 0 aromatic heterocycles. The molecule has 2 atom stereocenters. The fourth-order valence-corrected chi connectivity index (χ4v) is 2.67. The summed E-state index contributed by atoms with van der Waals surface area (Å²) >= 11 is 0. The first kappa shape index (κ1) is 13.6.